The number of unbranched alkanes of at least 4 members (excludes halogenated alkanes) is 1. The van der Waals surface area contributed by atoms with Crippen LogP contribution < -0.4 is 19.1 Å². The summed E-state index contributed by atoms with van der Waals surface area (Å²) in [5, 5.41) is 2.81. The molecule has 9 nitrogen and oxygen atoms in total. The van der Waals surface area contributed by atoms with E-state index in [9.17, 15) is 22.4 Å². The standard InChI is InChI=1S/C25H32FN3O6S/c1-4-6-13-27-25(31)18(3)28(15-19-7-9-20(26)10-8-19)24(30)16-29(36(32,33)5-2)21-11-12-22-23(14-21)35-17-34-22/h7-12,14,18H,4-6,13,15-17H2,1-3H3,(H,27,31)/t18-/m1/s1. The minimum Gasteiger partial charge on any atom is -0.454 e. The highest BCUT2D eigenvalue weighted by Crippen LogP contribution is 2.36. The number of fused-ring (bicyclic) bond motifs is 1. The molecule has 36 heavy (non-hydrogen) atoms. The molecule has 2 aromatic rings. The molecule has 1 aliphatic heterocycles. The number of nitrogens with zero attached hydrogens (tertiary/aromatic N) is 2. The molecule has 2 amide bonds. The van der Waals surface area contributed by atoms with E-state index < -0.39 is 34.3 Å². The van der Waals surface area contributed by atoms with Crippen LogP contribution in [0.5, 0.6) is 11.5 Å². The van der Waals surface area contributed by atoms with Crippen LogP contribution in [0.25, 0.3) is 0 Å². The lowest BCUT2D eigenvalue weighted by atomic mass is 10.1. The molecular weight excluding hydrogens is 489 g/mol. The third kappa shape index (κ3) is 6.66. The van der Waals surface area contributed by atoms with Crippen LogP contribution in [0, 0.1) is 5.82 Å². The molecule has 0 aliphatic carbocycles. The Hall–Kier alpha value is -3.34. The van der Waals surface area contributed by atoms with E-state index in [1.165, 1.54) is 42.2 Å². The van der Waals surface area contributed by atoms with Crippen LogP contribution >= 0.6 is 0 Å². The van der Waals surface area contributed by atoms with Gasteiger partial charge < -0.3 is 19.7 Å². The quantitative estimate of drug-likeness (QED) is 0.431. The number of benzene rings is 2. The van der Waals surface area contributed by atoms with Crippen LogP contribution in [-0.2, 0) is 26.2 Å². The molecule has 0 unspecified atom stereocenters. The van der Waals surface area contributed by atoms with Gasteiger partial charge in [-0.3, -0.25) is 13.9 Å². The molecule has 0 spiro atoms. The number of amides is 2. The molecule has 1 atom stereocenters. The van der Waals surface area contributed by atoms with Crippen LogP contribution in [0.2, 0.25) is 0 Å². The highest BCUT2D eigenvalue weighted by atomic mass is 32.2. The number of sulfonamides is 1. The fourth-order valence-electron chi connectivity index (χ4n) is 3.67. The maximum atomic E-state index is 13.6. The van der Waals surface area contributed by atoms with Crippen LogP contribution in [0.4, 0.5) is 10.1 Å². The van der Waals surface area contributed by atoms with Crippen molar-refractivity contribution in [2.75, 3.05) is 29.9 Å². The van der Waals surface area contributed by atoms with Crippen molar-refractivity contribution in [3.05, 3.63) is 53.8 Å². The number of halogens is 1. The Morgan fingerprint density at radius 3 is 2.44 bits per heavy atom. The van der Waals surface area contributed by atoms with Gasteiger partial charge in [0.15, 0.2) is 11.5 Å². The minimum atomic E-state index is -3.86. The molecule has 0 radical (unpaired) electrons. The lowest BCUT2D eigenvalue weighted by Crippen LogP contribution is -2.51. The number of nitrogens with one attached hydrogen (secondary N) is 1. The van der Waals surface area contributed by atoms with E-state index in [1.54, 1.807) is 19.1 Å². The van der Waals surface area contributed by atoms with Crippen LogP contribution in [-0.4, -0.2) is 56.8 Å². The summed E-state index contributed by atoms with van der Waals surface area (Å²) >= 11 is 0. The van der Waals surface area contributed by atoms with E-state index in [1.807, 2.05) is 6.92 Å². The van der Waals surface area contributed by atoms with Crippen molar-refractivity contribution in [1.29, 1.82) is 0 Å². The SMILES string of the molecule is CCCCNC(=O)[C@@H](C)N(Cc1ccc(F)cc1)C(=O)CN(c1ccc2c(c1)OCO2)S(=O)(=O)CC. The van der Waals surface area contributed by atoms with E-state index >= 15 is 0 Å². The van der Waals surface area contributed by atoms with Gasteiger partial charge in [0.1, 0.15) is 18.4 Å². The predicted octanol–water partition coefficient (Wildman–Crippen LogP) is 3.04. The summed E-state index contributed by atoms with van der Waals surface area (Å²) in [5.41, 5.74) is 0.849. The normalized spacial score (nSPS) is 13.2. The number of ether oxygens (including phenoxy) is 2. The lowest BCUT2D eigenvalue weighted by Gasteiger charge is -2.32. The third-order valence-electron chi connectivity index (χ3n) is 5.89. The number of hydrogen-bond donors (Lipinski definition) is 1. The van der Waals surface area contributed by atoms with Crippen molar-refractivity contribution in [2.24, 2.45) is 0 Å². The Morgan fingerprint density at radius 2 is 1.78 bits per heavy atom. The summed E-state index contributed by atoms with van der Waals surface area (Å²) in [6.07, 6.45) is 1.68. The van der Waals surface area contributed by atoms with Gasteiger partial charge in [-0.1, -0.05) is 25.5 Å². The third-order valence-corrected chi connectivity index (χ3v) is 7.63. The van der Waals surface area contributed by atoms with Gasteiger partial charge in [-0.2, -0.15) is 0 Å². The number of hydrogen-bond acceptors (Lipinski definition) is 6. The second-order valence-electron chi connectivity index (χ2n) is 8.41. The summed E-state index contributed by atoms with van der Waals surface area (Å²) in [6, 6.07) is 9.33. The Balaban J connectivity index is 1.90. The van der Waals surface area contributed by atoms with Crippen molar-refractivity contribution in [3.8, 4) is 11.5 Å². The van der Waals surface area contributed by atoms with Crippen LogP contribution in [0.1, 0.15) is 39.2 Å². The van der Waals surface area contributed by atoms with Gasteiger partial charge in [0.25, 0.3) is 0 Å². The van der Waals surface area contributed by atoms with Crippen molar-refractivity contribution in [3.63, 3.8) is 0 Å². The summed E-state index contributed by atoms with van der Waals surface area (Å²) < 4.78 is 51.1. The summed E-state index contributed by atoms with van der Waals surface area (Å²) in [6.45, 7) is 5.03. The second-order valence-corrected chi connectivity index (χ2v) is 10.6. The molecule has 0 saturated heterocycles. The average molecular weight is 522 g/mol. The molecule has 0 bridgehead atoms. The first-order chi connectivity index (χ1) is 17.2. The van der Waals surface area contributed by atoms with Crippen molar-refractivity contribution < 1.29 is 31.9 Å². The zero-order valence-corrected chi connectivity index (χ0v) is 21.5. The average Bonchev–Trinajstić information content (AvgIpc) is 3.34. The monoisotopic (exact) mass is 521 g/mol. The molecule has 1 aliphatic rings. The highest BCUT2D eigenvalue weighted by molar-refractivity contribution is 7.92. The molecule has 1 heterocycles. The summed E-state index contributed by atoms with van der Waals surface area (Å²) in [5.74, 6) is -0.735. The maximum Gasteiger partial charge on any atom is 0.244 e. The van der Waals surface area contributed by atoms with Crippen LogP contribution in [0.3, 0.4) is 0 Å². The maximum absolute atomic E-state index is 13.6. The topological polar surface area (TPSA) is 105 Å². The molecule has 0 fully saturated rings. The van der Waals surface area contributed by atoms with Gasteiger partial charge in [-0.15, -0.1) is 0 Å². The van der Waals surface area contributed by atoms with Gasteiger partial charge in [-0.25, -0.2) is 12.8 Å². The summed E-state index contributed by atoms with van der Waals surface area (Å²) in [4.78, 5) is 27.7. The first-order valence-electron chi connectivity index (χ1n) is 11.9. The molecule has 11 heteroatoms. The Kier molecular flexibility index (Phi) is 9.14. The number of rotatable bonds is 12. The van der Waals surface area contributed by atoms with Gasteiger partial charge >= 0.3 is 0 Å². The van der Waals surface area contributed by atoms with E-state index in [0.717, 1.165) is 17.1 Å². The van der Waals surface area contributed by atoms with Gasteiger partial charge in [0.2, 0.25) is 28.6 Å². The molecular formula is C25H32FN3O6S. The Morgan fingerprint density at radius 1 is 1.08 bits per heavy atom. The number of carbonyl (C=O) groups excluding carboxylic acids is 2. The number of carbonyl (C=O) groups is 2. The van der Waals surface area contributed by atoms with Crippen LogP contribution in [0.15, 0.2) is 42.5 Å². The lowest BCUT2D eigenvalue weighted by molar-refractivity contribution is -0.139. The van der Waals surface area contributed by atoms with Crippen molar-refractivity contribution in [1.82, 2.24) is 10.2 Å². The molecule has 2 aromatic carbocycles. The van der Waals surface area contributed by atoms with Crippen molar-refractivity contribution >= 4 is 27.5 Å². The minimum absolute atomic E-state index is 0.00261. The molecule has 3 rings (SSSR count). The van der Waals surface area contributed by atoms with E-state index in [-0.39, 0.29) is 30.7 Å². The fourth-order valence-corrected chi connectivity index (χ4v) is 4.72. The fraction of sp³-hybridized carbons (Fsp3) is 0.440. The number of anilines is 1. The van der Waals surface area contributed by atoms with E-state index in [4.69, 9.17) is 9.47 Å². The Labute approximate surface area is 211 Å². The highest BCUT2D eigenvalue weighted by Gasteiger charge is 2.31. The summed E-state index contributed by atoms with van der Waals surface area (Å²) in [7, 11) is -3.86. The molecule has 196 valence electrons. The Bertz CT molecular complexity index is 1170. The zero-order valence-electron chi connectivity index (χ0n) is 20.7. The molecule has 0 aromatic heterocycles. The van der Waals surface area contributed by atoms with Crippen molar-refractivity contribution in [2.45, 2.75) is 46.2 Å². The molecule has 1 N–H and O–H groups in total. The van der Waals surface area contributed by atoms with E-state index in [2.05, 4.69) is 5.32 Å². The van der Waals surface area contributed by atoms with Gasteiger partial charge in [-0.05, 0) is 50.1 Å². The van der Waals surface area contributed by atoms with E-state index in [0.29, 0.717) is 23.6 Å². The second kappa shape index (κ2) is 12.1. The first-order valence-corrected chi connectivity index (χ1v) is 13.5. The van der Waals surface area contributed by atoms with Gasteiger partial charge in [0.05, 0.1) is 11.4 Å². The smallest absolute Gasteiger partial charge is 0.244 e. The largest absolute Gasteiger partial charge is 0.454 e. The zero-order chi connectivity index (χ0) is 26.3. The first kappa shape index (κ1) is 27.3. The predicted molar refractivity (Wildman–Crippen MR) is 134 cm³/mol. The van der Waals surface area contributed by atoms with Gasteiger partial charge in [0, 0.05) is 19.2 Å². The molecule has 0 saturated carbocycles.